The van der Waals surface area contributed by atoms with Crippen LogP contribution in [-0.2, 0) is 4.74 Å². The topological polar surface area (TPSA) is 38.7 Å². The quantitative estimate of drug-likeness (QED) is 0.300. The Hall–Kier alpha value is -3.56. The largest absolute Gasteiger partial charge is 0.508 e. The molecule has 0 unspecified atom stereocenters. The van der Waals surface area contributed by atoms with Crippen molar-refractivity contribution in [1.29, 1.82) is 0 Å². The van der Waals surface area contributed by atoms with Crippen molar-refractivity contribution in [2.75, 3.05) is 19.8 Å². The molecule has 0 saturated carbocycles. The molecule has 158 valence electrons. The number of aromatic hydroxyl groups is 1. The molecule has 0 bridgehead atoms. The molecule has 0 aliphatic heterocycles. The molecule has 0 aliphatic carbocycles. The fraction of sp³-hybridized carbons (Fsp3) is 0.143. The van der Waals surface area contributed by atoms with Gasteiger partial charge in [0.2, 0.25) is 0 Å². The van der Waals surface area contributed by atoms with Crippen LogP contribution in [0.1, 0.15) is 23.6 Å². The highest BCUT2D eigenvalue weighted by Gasteiger charge is 1.97. The molecule has 0 amide bonds. The molecule has 0 aliphatic rings. The van der Waals surface area contributed by atoms with E-state index >= 15 is 0 Å². The molecule has 3 rings (SSSR count). The van der Waals surface area contributed by atoms with Gasteiger partial charge in [-0.2, -0.15) is 0 Å². The van der Waals surface area contributed by atoms with Gasteiger partial charge in [-0.3, -0.25) is 0 Å². The first-order chi connectivity index (χ1) is 15.2. The minimum absolute atomic E-state index is 0.264. The third-order valence-electron chi connectivity index (χ3n) is 4.54. The fourth-order valence-electron chi connectivity index (χ4n) is 2.90. The number of phenolic OH excluding ortho intramolecular Hbond substituents is 1. The number of hydrogen-bond acceptors (Lipinski definition) is 3. The Labute approximate surface area is 184 Å². The van der Waals surface area contributed by atoms with Gasteiger partial charge in [0.25, 0.3) is 0 Å². The van der Waals surface area contributed by atoms with E-state index in [2.05, 4.69) is 36.4 Å². The van der Waals surface area contributed by atoms with Crippen LogP contribution in [-0.4, -0.2) is 24.9 Å². The fourth-order valence-corrected chi connectivity index (χ4v) is 2.90. The predicted octanol–water partition coefficient (Wildman–Crippen LogP) is 6.62. The predicted molar refractivity (Wildman–Crippen MR) is 129 cm³/mol. The summed E-state index contributed by atoms with van der Waals surface area (Å²) in [5.41, 5.74) is 4.31. The lowest BCUT2D eigenvalue weighted by atomic mass is 10.1. The summed E-state index contributed by atoms with van der Waals surface area (Å²) < 4.78 is 11.0. The van der Waals surface area contributed by atoms with Gasteiger partial charge >= 0.3 is 0 Å². The maximum Gasteiger partial charge on any atom is 0.119 e. The molecule has 0 aromatic heterocycles. The van der Waals surface area contributed by atoms with Crippen LogP contribution >= 0.6 is 0 Å². The lowest BCUT2D eigenvalue weighted by molar-refractivity contribution is 0.110. The first-order valence-corrected chi connectivity index (χ1v) is 10.5. The molecule has 3 nitrogen and oxygen atoms in total. The van der Waals surface area contributed by atoms with E-state index in [9.17, 15) is 5.11 Å². The summed E-state index contributed by atoms with van der Waals surface area (Å²) in [6, 6.07) is 25.4. The summed E-state index contributed by atoms with van der Waals surface area (Å²) in [5.74, 6) is 1.10. The van der Waals surface area contributed by atoms with Crippen molar-refractivity contribution in [2.24, 2.45) is 0 Å². The lowest BCUT2D eigenvalue weighted by Crippen LogP contribution is -2.06. The molecule has 1 N–H and O–H groups in total. The third-order valence-corrected chi connectivity index (χ3v) is 4.54. The molecular formula is C28H28O3. The van der Waals surface area contributed by atoms with Crippen LogP contribution in [0.3, 0.4) is 0 Å². The van der Waals surface area contributed by atoms with E-state index in [-0.39, 0.29) is 5.75 Å². The summed E-state index contributed by atoms with van der Waals surface area (Å²) in [4.78, 5) is 0. The Morgan fingerprint density at radius 3 is 2.00 bits per heavy atom. The molecule has 31 heavy (non-hydrogen) atoms. The number of allylic oxidation sites excluding steroid dienone is 3. The molecule has 0 heterocycles. The molecule has 0 fully saturated rings. The second-order valence-electron chi connectivity index (χ2n) is 6.93. The molecule has 0 spiro atoms. The molecule has 0 atom stereocenters. The molecule has 0 saturated heterocycles. The normalized spacial score (nSPS) is 12.0. The summed E-state index contributed by atoms with van der Waals surface area (Å²) in [6.07, 6.45) is 10.4. The number of ether oxygens (including phenoxy) is 2. The molecule has 3 heteroatoms. The van der Waals surface area contributed by atoms with Gasteiger partial charge in [-0.15, -0.1) is 0 Å². The van der Waals surface area contributed by atoms with Crippen LogP contribution in [0, 0.1) is 0 Å². The highest BCUT2D eigenvalue weighted by atomic mass is 16.5. The van der Waals surface area contributed by atoms with Crippen LogP contribution in [0.15, 0.2) is 96.6 Å². The van der Waals surface area contributed by atoms with Gasteiger partial charge in [0.15, 0.2) is 0 Å². The number of phenols is 1. The Morgan fingerprint density at radius 1 is 0.742 bits per heavy atom. The number of hydrogen-bond donors (Lipinski definition) is 1. The highest BCUT2D eigenvalue weighted by molar-refractivity contribution is 5.68. The van der Waals surface area contributed by atoms with E-state index in [1.54, 1.807) is 12.1 Å². The minimum Gasteiger partial charge on any atom is -0.508 e. The van der Waals surface area contributed by atoms with Gasteiger partial charge in [0, 0.05) is 6.61 Å². The van der Waals surface area contributed by atoms with Crippen molar-refractivity contribution in [2.45, 2.75) is 6.92 Å². The Kier molecular flexibility index (Phi) is 8.72. The maximum atomic E-state index is 9.48. The first-order valence-electron chi connectivity index (χ1n) is 10.5. The zero-order chi connectivity index (χ0) is 21.7. The van der Waals surface area contributed by atoms with Crippen molar-refractivity contribution in [1.82, 2.24) is 0 Å². The van der Waals surface area contributed by atoms with Gasteiger partial charge in [-0.1, -0.05) is 78.9 Å². The summed E-state index contributed by atoms with van der Waals surface area (Å²) >= 11 is 0. The Balaban J connectivity index is 1.76. The minimum atomic E-state index is 0.264. The summed E-state index contributed by atoms with van der Waals surface area (Å²) in [7, 11) is 0. The zero-order valence-corrected chi connectivity index (χ0v) is 17.8. The molecule has 0 radical (unpaired) electrons. The number of benzene rings is 3. The van der Waals surface area contributed by atoms with E-state index in [0.717, 1.165) is 28.0 Å². The number of rotatable bonds is 10. The zero-order valence-electron chi connectivity index (χ0n) is 17.8. The van der Waals surface area contributed by atoms with E-state index in [1.807, 2.05) is 67.6 Å². The van der Waals surface area contributed by atoms with Crippen molar-refractivity contribution in [3.05, 3.63) is 113 Å². The van der Waals surface area contributed by atoms with Crippen LogP contribution in [0.5, 0.6) is 11.5 Å². The van der Waals surface area contributed by atoms with Crippen molar-refractivity contribution in [3.8, 4) is 11.5 Å². The molecule has 3 aromatic carbocycles. The van der Waals surface area contributed by atoms with Crippen molar-refractivity contribution >= 4 is 18.2 Å². The average molecular weight is 413 g/mol. The average Bonchev–Trinajstić information content (AvgIpc) is 2.81. The van der Waals surface area contributed by atoms with Crippen LogP contribution in [0.25, 0.3) is 18.2 Å². The van der Waals surface area contributed by atoms with E-state index in [0.29, 0.717) is 19.8 Å². The van der Waals surface area contributed by atoms with E-state index in [4.69, 9.17) is 9.47 Å². The van der Waals surface area contributed by atoms with E-state index in [1.165, 1.54) is 0 Å². The second-order valence-corrected chi connectivity index (χ2v) is 6.93. The van der Waals surface area contributed by atoms with Crippen LogP contribution in [0.2, 0.25) is 0 Å². The first kappa shape index (κ1) is 22.1. The van der Waals surface area contributed by atoms with E-state index < -0.39 is 0 Å². The van der Waals surface area contributed by atoms with Crippen LogP contribution < -0.4 is 4.74 Å². The van der Waals surface area contributed by atoms with Gasteiger partial charge in [0.1, 0.15) is 18.1 Å². The SMILES string of the molecule is CCOCCOc1ccc(C=C(C=Cc2ccccc2)C=Cc2ccc(O)cc2)cc1. The molecule has 3 aromatic rings. The summed E-state index contributed by atoms with van der Waals surface area (Å²) in [5, 5.41) is 9.48. The maximum absolute atomic E-state index is 9.48. The Bertz CT molecular complexity index is 998. The third kappa shape index (κ3) is 8.00. The van der Waals surface area contributed by atoms with Crippen molar-refractivity contribution in [3.63, 3.8) is 0 Å². The lowest BCUT2D eigenvalue weighted by Gasteiger charge is -2.06. The monoisotopic (exact) mass is 412 g/mol. The van der Waals surface area contributed by atoms with Gasteiger partial charge in [-0.25, -0.2) is 0 Å². The summed E-state index contributed by atoms with van der Waals surface area (Å²) in [6.45, 7) is 3.81. The highest BCUT2D eigenvalue weighted by Crippen LogP contribution is 2.18. The van der Waals surface area contributed by atoms with Gasteiger partial charge < -0.3 is 14.6 Å². The Morgan fingerprint density at radius 2 is 1.35 bits per heavy atom. The van der Waals surface area contributed by atoms with Crippen LogP contribution in [0.4, 0.5) is 0 Å². The second kappa shape index (κ2) is 12.2. The van der Waals surface area contributed by atoms with Gasteiger partial charge in [-0.05, 0) is 59.5 Å². The molecular weight excluding hydrogens is 384 g/mol. The smallest absolute Gasteiger partial charge is 0.119 e. The van der Waals surface area contributed by atoms with Gasteiger partial charge in [0.05, 0.1) is 6.61 Å². The van der Waals surface area contributed by atoms with Crippen molar-refractivity contribution < 1.29 is 14.6 Å². The standard InChI is InChI=1S/C28H28O3/c1-2-30-20-21-31-28-18-14-26(15-19-28)22-25(10-8-23-6-4-3-5-7-23)11-9-24-12-16-27(29)17-13-24/h3-19,22,29H,2,20-21H2,1H3.